The van der Waals surface area contributed by atoms with Gasteiger partial charge in [0.05, 0.1) is 6.61 Å². The van der Waals surface area contributed by atoms with Crippen LogP contribution in [0.2, 0.25) is 0 Å². The smallest absolute Gasteiger partial charge is 0.225 e. The number of nitrogens with two attached hydrogens (primary N) is 1. The van der Waals surface area contributed by atoms with E-state index in [0.717, 1.165) is 25.8 Å². The number of methoxy groups -OCH3 is 1. The van der Waals surface area contributed by atoms with Crippen LogP contribution in [0.1, 0.15) is 33.1 Å². The second kappa shape index (κ2) is 6.97. The van der Waals surface area contributed by atoms with Crippen molar-refractivity contribution in [1.82, 2.24) is 4.90 Å². The molecular formula is C13H26N2O2. The average Bonchev–Trinajstić information content (AvgIpc) is 2.69. The van der Waals surface area contributed by atoms with Crippen LogP contribution in [-0.2, 0) is 9.53 Å². The summed E-state index contributed by atoms with van der Waals surface area (Å²) in [6.07, 6.45) is 2.78. The summed E-state index contributed by atoms with van der Waals surface area (Å²) in [6.45, 7) is 6.38. The zero-order chi connectivity index (χ0) is 12.8. The minimum absolute atomic E-state index is 0.139. The lowest BCUT2D eigenvalue weighted by Gasteiger charge is -2.27. The lowest BCUT2D eigenvalue weighted by molar-refractivity contribution is -0.136. The zero-order valence-electron chi connectivity index (χ0n) is 11.3. The summed E-state index contributed by atoms with van der Waals surface area (Å²) in [7, 11) is 1.67. The van der Waals surface area contributed by atoms with Crippen molar-refractivity contribution in [3.8, 4) is 0 Å². The molecule has 1 rings (SSSR count). The summed E-state index contributed by atoms with van der Waals surface area (Å²) in [4.78, 5) is 14.3. The van der Waals surface area contributed by atoms with Crippen molar-refractivity contribution in [2.75, 3.05) is 26.8 Å². The van der Waals surface area contributed by atoms with Crippen LogP contribution >= 0.6 is 0 Å². The Hall–Kier alpha value is -0.610. The van der Waals surface area contributed by atoms with Gasteiger partial charge in [-0.3, -0.25) is 4.79 Å². The van der Waals surface area contributed by atoms with Gasteiger partial charge >= 0.3 is 0 Å². The summed E-state index contributed by atoms with van der Waals surface area (Å²) < 4.78 is 5.07. The molecule has 2 atom stereocenters. The quantitative estimate of drug-likeness (QED) is 0.762. The van der Waals surface area contributed by atoms with Crippen LogP contribution in [-0.4, -0.2) is 43.7 Å². The van der Waals surface area contributed by atoms with Crippen molar-refractivity contribution in [2.24, 2.45) is 17.6 Å². The van der Waals surface area contributed by atoms with Gasteiger partial charge in [0.2, 0.25) is 5.91 Å². The van der Waals surface area contributed by atoms with E-state index in [9.17, 15) is 4.79 Å². The number of amides is 1. The standard InChI is InChI=1S/C13H26N2O2/c1-10(2)9-15(6-7-17-3)13(16)11-4-5-12(14)8-11/h10-12H,4-9,14H2,1-3H3/t11-,12-/m0/s1. The predicted molar refractivity (Wildman–Crippen MR) is 68.6 cm³/mol. The lowest BCUT2D eigenvalue weighted by atomic mass is 10.1. The van der Waals surface area contributed by atoms with Crippen molar-refractivity contribution in [1.29, 1.82) is 0 Å². The van der Waals surface area contributed by atoms with E-state index in [2.05, 4.69) is 13.8 Å². The first-order chi connectivity index (χ1) is 8.04. The van der Waals surface area contributed by atoms with Crippen molar-refractivity contribution >= 4 is 5.91 Å². The molecule has 0 aromatic heterocycles. The predicted octanol–water partition coefficient (Wildman–Crippen LogP) is 1.24. The summed E-state index contributed by atoms with van der Waals surface area (Å²) in [5.74, 6) is 0.898. The Bertz CT molecular complexity index is 244. The molecule has 0 spiro atoms. The van der Waals surface area contributed by atoms with Gasteiger partial charge in [-0.2, -0.15) is 0 Å². The third-order valence-electron chi connectivity index (χ3n) is 3.28. The van der Waals surface area contributed by atoms with Crippen LogP contribution in [0.5, 0.6) is 0 Å². The minimum Gasteiger partial charge on any atom is -0.383 e. The number of nitrogens with zero attached hydrogens (tertiary/aromatic N) is 1. The molecule has 1 aliphatic carbocycles. The molecule has 0 aromatic rings. The molecule has 0 unspecified atom stereocenters. The van der Waals surface area contributed by atoms with Crippen molar-refractivity contribution in [2.45, 2.75) is 39.2 Å². The van der Waals surface area contributed by atoms with Gasteiger partial charge in [-0.1, -0.05) is 13.8 Å². The minimum atomic E-state index is 0.139. The number of ether oxygens (including phenoxy) is 1. The van der Waals surface area contributed by atoms with E-state index in [1.165, 1.54) is 0 Å². The topological polar surface area (TPSA) is 55.6 Å². The highest BCUT2D eigenvalue weighted by Crippen LogP contribution is 2.26. The Balaban J connectivity index is 2.52. The first-order valence-electron chi connectivity index (χ1n) is 6.58. The molecule has 1 aliphatic rings. The monoisotopic (exact) mass is 242 g/mol. The van der Waals surface area contributed by atoms with Gasteiger partial charge < -0.3 is 15.4 Å². The highest BCUT2D eigenvalue weighted by Gasteiger charge is 2.30. The third kappa shape index (κ3) is 4.64. The van der Waals surface area contributed by atoms with Crippen molar-refractivity contribution in [3.63, 3.8) is 0 Å². The molecule has 100 valence electrons. The summed E-state index contributed by atoms with van der Waals surface area (Å²) in [6, 6.07) is 0.215. The maximum Gasteiger partial charge on any atom is 0.225 e. The van der Waals surface area contributed by atoms with E-state index >= 15 is 0 Å². The van der Waals surface area contributed by atoms with E-state index in [1.807, 2.05) is 4.90 Å². The lowest BCUT2D eigenvalue weighted by Crippen LogP contribution is -2.40. The number of carbonyl (C=O) groups excluding carboxylic acids is 1. The van der Waals surface area contributed by atoms with Crippen molar-refractivity contribution < 1.29 is 9.53 Å². The van der Waals surface area contributed by atoms with Gasteiger partial charge in [-0.15, -0.1) is 0 Å². The summed E-state index contributed by atoms with van der Waals surface area (Å²) in [5.41, 5.74) is 5.87. The Morgan fingerprint density at radius 1 is 1.47 bits per heavy atom. The van der Waals surface area contributed by atoms with Gasteiger partial charge in [0.1, 0.15) is 0 Å². The first-order valence-corrected chi connectivity index (χ1v) is 6.58. The summed E-state index contributed by atoms with van der Waals surface area (Å²) in [5, 5.41) is 0. The fourth-order valence-corrected chi connectivity index (χ4v) is 2.43. The Labute approximate surface area is 104 Å². The Morgan fingerprint density at radius 3 is 2.65 bits per heavy atom. The number of rotatable bonds is 6. The maximum atomic E-state index is 12.3. The van der Waals surface area contributed by atoms with E-state index in [-0.39, 0.29) is 17.9 Å². The molecule has 4 nitrogen and oxygen atoms in total. The number of carbonyl (C=O) groups is 1. The molecule has 0 heterocycles. The molecule has 0 radical (unpaired) electrons. The van der Waals surface area contributed by atoms with E-state index < -0.39 is 0 Å². The molecule has 1 fully saturated rings. The van der Waals surface area contributed by atoms with Crippen LogP contribution in [0.3, 0.4) is 0 Å². The molecule has 0 saturated heterocycles. The van der Waals surface area contributed by atoms with Gasteiger partial charge in [0.25, 0.3) is 0 Å². The molecular weight excluding hydrogens is 216 g/mol. The normalized spacial score (nSPS) is 24.3. The average molecular weight is 242 g/mol. The molecule has 0 bridgehead atoms. The number of hydrogen-bond acceptors (Lipinski definition) is 3. The van der Waals surface area contributed by atoms with E-state index in [0.29, 0.717) is 19.1 Å². The fourth-order valence-electron chi connectivity index (χ4n) is 2.43. The van der Waals surface area contributed by atoms with Crippen LogP contribution in [0.25, 0.3) is 0 Å². The third-order valence-corrected chi connectivity index (χ3v) is 3.28. The van der Waals surface area contributed by atoms with Crippen LogP contribution in [0.15, 0.2) is 0 Å². The molecule has 2 N–H and O–H groups in total. The van der Waals surface area contributed by atoms with Crippen LogP contribution < -0.4 is 5.73 Å². The summed E-state index contributed by atoms with van der Waals surface area (Å²) >= 11 is 0. The highest BCUT2D eigenvalue weighted by atomic mass is 16.5. The molecule has 17 heavy (non-hydrogen) atoms. The van der Waals surface area contributed by atoms with Gasteiger partial charge in [0.15, 0.2) is 0 Å². The van der Waals surface area contributed by atoms with Crippen molar-refractivity contribution in [3.05, 3.63) is 0 Å². The fraction of sp³-hybridized carbons (Fsp3) is 0.923. The Morgan fingerprint density at radius 2 is 2.18 bits per heavy atom. The van der Waals surface area contributed by atoms with Gasteiger partial charge in [-0.25, -0.2) is 0 Å². The van der Waals surface area contributed by atoms with Crippen LogP contribution in [0, 0.1) is 11.8 Å². The molecule has 4 heteroatoms. The van der Waals surface area contributed by atoms with E-state index in [1.54, 1.807) is 7.11 Å². The highest BCUT2D eigenvalue weighted by molar-refractivity contribution is 5.79. The number of hydrogen-bond donors (Lipinski definition) is 1. The van der Waals surface area contributed by atoms with Crippen LogP contribution in [0.4, 0.5) is 0 Å². The molecule has 0 aromatic carbocycles. The maximum absolute atomic E-state index is 12.3. The largest absolute Gasteiger partial charge is 0.383 e. The van der Waals surface area contributed by atoms with Gasteiger partial charge in [0, 0.05) is 32.2 Å². The molecule has 1 saturated carbocycles. The SMILES string of the molecule is COCCN(CC(C)C)C(=O)[C@H]1CC[C@H](N)C1. The second-order valence-electron chi connectivity index (χ2n) is 5.44. The van der Waals surface area contributed by atoms with Gasteiger partial charge in [-0.05, 0) is 25.2 Å². The first kappa shape index (κ1) is 14.5. The van der Waals surface area contributed by atoms with E-state index in [4.69, 9.17) is 10.5 Å². The molecule has 0 aliphatic heterocycles. The zero-order valence-corrected chi connectivity index (χ0v) is 11.3. The Kier molecular flexibility index (Phi) is 5.92. The second-order valence-corrected chi connectivity index (χ2v) is 5.44. The molecule has 1 amide bonds.